The molecule has 0 saturated carbocycles. The monoisotopic (exact) mass is 316 g/mol. The lowest BCUT2D eigenvalue weighted by atomic mass is 10.1. The lowest BCUT2D eigenvalue weighted by molar-refractivity contribution is 0.103. The number of benzene rings is 1. The molecule has 112 valence electrons. The molecule has 0 aliphatic carbocycles. The van der Waals surface area contributed by atoms with Crippen molar-refractivity contribution in [3.63, 3.8) is 0 Å². The molecule has 0 radical (unpaired) electrons. The number of rotatable bonds is 4. The van der Waals surface area contributed by atoms with Gasteiger partial charge in [0.05, 0.1) is 19.6 Å². The summed E-state index contributed by atoms with van der Waals surface area (Å²) in [6, 6.07) is 6.42. The highest BCUT2D eigenvalue weighted by molar-refractivity contribution is 7.08. The van der Waals surface area contributed by atoms with Crippen LogP contribution in [0.3, 0.4) is 0 Å². The van der Waals surface area contributed by atoms with Gasteiger partial charge in [-0.3, -0.25) is 4.79 Å². The lowest BCUT2D eigenvalue weighted by Gasteiger charge is -2.08. The zero-order valence-corrected chi connectivity index (χ0v) is 12.7. The van der Waals surface area contributed by atoms with Crippen LogP contribution in [-0.2, 0) is 0 Å². The Morgan fingerprint density at radius 2 is 2.00 bits per heavy atom. The van der Waals surface area contributed by atoms with Crippen molar-refractivity contribution in [2.75, 3.05) is 14.2 Å². The largest absolute Gasteiger partial charge is 0.496 e. The van der Waals surface area contributed by atoms with Crippen molar-refractivity contribution < 1.29 is 18.7 Å². The molecule has 5 nitrogen and oxygen atoms in total. The van der Waals surface area contributed by atoms with E-state index < -0.39 is 5.63 Å². The highest BCUT2D eigenvalue weighted by atomic mass is 32.1. The molecule has 0 bridgehead atoms. The van der Waals surface area contributed by atoms with E-state index in [4.69, 9.17) is 13.9 Å². The van der Waals surface area contributed by atoms with Gasteiger partial charge >= 0.3 is 5.63 Å². The summed E-state index contributed by atoms with van der Waals surface area (Å²) in [6.07, 6.45) is 0. The number of hydrogen-bond donors (Lipinski definition) is 0. The maximum Gasteiger partial charge on any atom is 0.347 e. The molecule has 2 heterocycles. The fourth-order valence-electron chi connectivity index (χ4n) is 2.16. The Balaban J connectivity index is 2.23. The molecule has 0 amide bonds. The Hall–Kier alpha value is -2.60. The Morgan fingerprint density at radius 3 is 2.64 bits per heavy atom. The maximum absolute atomic E-state index is 12.4. The minimum atomic E-state index is -0.681. The van der Waals surface area contributed by atoms with Crippen molar-refractivity contribution in [1.29, 1.82) is 0 Å². The summed E-state index contributed by atoms with van der Waals surface area (Å²) in [6.45, 7) is 0. The quantitative estimate of drug-likeness (QED) is 0.546. The van der Waals surface area contributed by atoms with Crippen LogP contribution in [0.5, 0.6) is 11.5 Å². The molecule has 0 N–H and O–H groups in total. The number of thiophene rings is 1. The molecular weight excluding hydrogens is 304 g/mol. The van der Waals surface area contributed by atoms with Gasteiger partial charge in [-0.15, -0.1) is 0 Å². The van der Waals surface area contributed by atoms with E-state index in [1.807, 2.05) is 0 Å². The first-order valence-electron chi connectivity index (χ1n) is 6.41. The van der Waals surface area contributed by atoms with E-state index in [-0.39, 0.29) is 11.3 Å². The molecule has 0 aliphatic rings. The molecule has 2 aromatic heterocycles. The molecule has 1 aromatic carbocycles. The number of fused-ring (bicyclic) bond motifs is 1. The van der Waals surface area contributed by atoms with Crippen molar-refractivity contribution in [3.8, 4) is 11.5 Å². The SMILES string of the molecule is COc1cc(OC)c2cc(C(=O)c3ccsc3)c(=O)oc2c1. The summed E-state index contributed by atoms with van der Waals surface area (Å²) in [5, 5.41) is 4.01. The molecule has 0 unspecified atom stereocenters. The van der Waals surface area contributed by atoms with Gasteiger partial charge in [0.1, 0.15) is 22.6 Å². The first-order chi connectivity index (χ1) is 10.6. The second kappa shape index (κ2) is 5.65. The first kappa shape index (κ1) is 14.3. The Labute approximate surface area is 129 Å². The van der Waals surface area contributed by atoms with Gasteiger partial charge in [-0.2, -0.15) is 11.3 Å². The predicted octanol–water partition coefficient (Wildman–Crippen LogP) is 3.10. The molecule has 0 spiro atoms. The number of carbonyl (C=O) groups is 1. The average Bonchev–Trinajstić information content (AvgIpc) is 3.06. The summed E-state index contributed by atoms with van der Waals surface area (Å²) in [5.41, 5.74) is 0.0700. The third kappa shape index (κ3) is 2.37. The Kier molecular flexibility index (Phi) is 3.68. The molecular formula is C16H12O5S. The second-order valence-electron chi connectivity index (χ2n) is 4.53. The van der Waals surface area contributed by atoms with Crippen LogP contribution in [0.4, 0.5) is 0 Å². The highest BCUT2D eigenvalue weighted by Gasteiger charge is 2.18. The second-order valence-corrected chi connectivity index (χ2v) is 5.31. The van der Waals surface area contributed by atoms with Crippen LogP contribution in [0.15, 0.2) is 44.2 Å². The minimum absolute atomic E-state index is 0.0191. The van der Waals surface area contributed by atoms with Crippen molar-refractivity contribution in [1.82, 2.24) is 0 Å². The standard InChI is InChI=1S/C16H12O5S/c1-19-10-5-13(20-2)11-7-12(16(18)21-14(11)6-10)15(17)9-3-4-22-8-9/h3-8H,1-2H3. The van der Waals surface area contributed by atoms with Gasteiger partial charge in [-0.25, -0.2) is 4.79 Å². The highest BCUT2D eigenvalue weighted by Crippen LogP contribution is 2.31. The summed E-state index contributed by atoms with van der Waals surface area (Å²) in [4.78, 5) is 24.5. The summed E-state index contributed by atoms with van der Waals surface area (Å²) in [7, 11) is 3.01. The normalized spacial score (nSPS) is 10.6. The van der Waals surface area contributed by atoms with Gasteiger partial charge in [-0.05, 0) is 17.5 Å². The molecule has 0 aliphatic heterocycles. The van der Waals surface area contributed by atoms with E-state index >= 15 is 0 Å². The van der Waals surface area contributed by atoms with Crippen LogP contribution in [-0.4, -0.2) is 20.0 Å². The van der Waals surface area contributed by atoms with E-state index in [2.05, 4.69) is 0 Å². The molecule has 22 heavy (non-hydrogen) atoms. The van der Waals surface area contributed by atoms with E-state index in [9.17, 15) is 9.59 Å². The van der Waals surface area contributed by atoms with Crippen LogP contribution in [0.1, 0.15) is 15.9 Å². The molecule has 0 saturated heterocycles. The number of ether oxygens (including phenoxy) is 2. The maximum atomic E-state index is 12.4. The fraction of sp³-hybridized carbons (Fsp3) is 0.125. The smallest absolute Gasteiger partial charge is 0.347 e. The number of carbonyl (C=O) groups excluding carboxylic acids is 1. The van der Waals surface area contributed by atoms with Crippen LogP contribution in [0, 0.1) is 0 Å². The number of hydrogen-bond acceptors (Lipinski definition) is 6. The van der Waals surface area contributed by atoms with E-state index in [1.54, 1.807) is 29.0 Å². The van der Waals surface area contributed by atoms with Crippen molar-refractivity contribution in [3.05, 3.63) is 56.6 Å². The van der Waals surface area contributed by atoms with E-state index in [0.29, 0.717) is 28.0 Å². The van der Waals surface area contributed by atoms with Gasteiger partial charge in [-0.1, -0.05) is 0 Å². The van der Waals surface area contributed by atoms with Gasteiger partial charge in [0.15, 0.2) is 0 Å². The van der Waals surface area contributed by atoms with Crippen LogP contribution < -0.4 is 15.1 Å². The van der Waals surface area contributed by atoms with Gasteiger partial charge in [0, 0.05) is 23.1 Å². The van der Waals surface area contributed by atoms with Crippen LogP contribution in [0.2, 0.25) is 0 Å². The predicted molar refractivity (Wildman–Crippen MR) is 83.3 cm³/mol. The summed E-state index contributed by atoms with van der Waals surface area (Å²) >= 11 is 1.39. The lowest BCUT2D eigenvalue weighted by Crippen LogP contribution is -2.14. The molecule has 3 rings (SSSR count). The topological polar surface area (TPSA) is 65.7 Å². The summed E-state index contributed by atoms with van der Waals surface area (Å²) in [5.74, 6) is 0.608. The van der Waals surface area contributed by atoms with Crippen molar-refractivity contribution >= 4 is 28.1 Å². The van der Waals surface area contributed by atoms with Crippen molar-refractivity contribution in [2.24, 2.45) is 0 Å². The first-order valence-corrected chi connectivity index (χ1v) is 7.35. The van der Waals surface area contributed by atoms with Crippen LogP contribution in [0.25, 0.3) is 11.0 Å². The van der Waals surface area contributed by atoms with Crippen LogP contribution >= 0.6 is 11.3 Å². The van der Waals surface area contributed by atoms with Gasteiger partial charge in [0.2, 0.25) is 5.78 Å². The number of ketones is 1. The fourth-order valence-corrected chi connectivity index (χ4v) is 2.79. The van der Waals surface area contributed by atoms with Gasteiger partial charge < -0.3 is 13.9 Å². The zero-order valence-electron chi connectivity index (χ0n) is 11.9. The number of methoxy groups -OCH3 is 2. The third-order valence-electron chi connectivity index (χ3n) is 3.27. The average molecular weight is 316 g/mol. The Morgan fingerprint density at radius 1 is 1.18 bits per heavy atom. The molecule has 0 fully saturated rings. The van der Waals surface area contributed by atoms with E-state index in [1.165, 1.54) is 31.6 Å². The molecule has 6 heteroatoms. The Bertz CT molecular complexity index is 893. The molecule has 3 aromatic rings. The molecule has 0 atom stereocenters. The van der Waals surface area contributed by atoms with Gasteiger partial charge in [0.25, 0.3) is 0 Å². The van der Waals surface area contributed by atoms with E-state index in [0.717, 1.165) is 0 Å². The minimum Gasteiger partial charge on any atom is -0.496 e. The zero-order chi connectivity index (χ0) is 15.7. The van der Waals surface area contributed by atoms with Crippen molar-refractivity contribution in [2.45, 2.75) is 0 Å². The third-order valence-corrected chi connectivity index (χ3v) is 3.96. The summed E-state index contributed by atoms with van der Waals surface area (Å²) < 4.78 is 15.7.